The number of carbonyl (C=O) groups excluding carboxylic acids is 1. The van der Waals surface area contributed by atoms with Crippen LogP contribution >= 0.6 is 15.9 Å². The quantitative estimate of drug-likeness (QED) is 0.882. The molecule has 0 saturated heterocycles. The molecule has 1 amide bonds. The van der Waals surface area contributed by atoms with E-state index in [1.165, 1.54) is 0 Å². The first-order valence-electron chi connectivity index (χ1n) is 5.16. The maximum Gasteiger partial charge on any atom is 0.257 e. The molecule has 3 nitrogen and oxygen atoms in total. The predicted molar refractivity (Wildman–Crippen MR) is 71.3 cm³/mol. The highest BCUT2D eigenvalue weighted by Crippen LogP contribution is 2.18. The molecule has 86 valence electrons. The average Bonchev–Trinajstić information content (AvgIpc) is 2.40. The molecule has 0 radical (unpaired) electrons. The first-order valence-corrected chi connectivity index (χ1v) is 6.28. The van der Waals surface area contributed by atoms with Crippen molar-refractivity contribution in [3.8, 4) is 0 Å². The molecule has 0 atom stereocenters. The van der Waals surface area contributed by atoms with Crippen molar-refractivity contribution in [1.82, 2.24) is 4.98 Å². The maximum atomic E-state index is 11.9. The summed E-state index contributed by atoms with van der Waals surface area (Å²) in [6, 6.07) is 11.2. The van der Waals surface area contributed by atoms with Gasteiger partial charge in [0, 0.05) is 23.4 Å². The molecule has 0 aliphatic rings. The molecule has 0 fully saturated rings. The van der Waals surface area contributed by atoms with Gasteiger partial charge < -0.3 is 5.32 Å². The predicted octanol–water partition coefficient (Wildman–Crippen LogP) is 3.23. The lowest BCUT2D eigenvalue weighted by Crippen LogP contribution is -2.13. The fraction of sp³-hybridized carbons (Fsp3) is 0.0769. The van der Waals surface area contributed by atoms with Gasteiger partial charge in [-0.15, -0.1) is 0 Å². The van der Waals surface area contributed by atoms with Crippen LogP contribution in [0.4, 0.5) is 5.69 Å². The maximum absolute atomic E-state index is 11.9. The van der Waals surface area contributed by atoms with E-state index in [9.17, 15) is 4.79 Å². The third-order valence-corrected chi connectivity index (χ3v) is 2.94. The number of para-hydroxylation sites is 1. The van der Waals surface area contributed by atoms with Crippen molar-refractivity contribution in [2.45, 2.75) is 5.33 Å². The Hall–Kier alpha value is -1.68. The smallest absolute Gasteiger partial charge is 0.257 e. The largest absolute Gasteiger partial charge is 0.322 e. The zero-order chi connectivity index (χ0) is 12.1. The Bertz CT molecular complexity index is 514. The highest BCUT2D eigenvalue weighted by molar-refractivity contribution is 9.08. The van der Waals surface area contributed by atoms with Crippen LogP contribution < -0.4 is 5.32 Å². The average molecular weight is 291 g/mol. The summed E-state index contributed by atoms with van der Waals surface area (Å²) in [6.45, 7) is 0. The standard InChI is InChI=1S/C13H11BrN2O/c14-8-10-4-1-2-6-12(10)16-13(17)11-5-3-7-15-9-11/h1-7,9H,8H2,(H,16,17). The topological polar surface area (TPSA) is 42.0 Å². The molecule has 0 unspecified atom stereocenters. The Morgan fingerprint density at radius 2 is 2.06 bits per heavy atom. The van der Waals surface area contributed by atoms with E-state index >= 15 is 0 Å². The Kier molecular flexibility index (Phi) is 3.88. The van der Waals surface area contributed by atoms with Crippen molar-refractivity contribution in [3.63, 3.8) is 0 Å². The fourth-order valence-electron chi connectivity index (χ4n) is 1.45. The van der Waals surface area contributed by atoms with Gasteiger partial charge in [0.1, 0.15) is 0 Å². The van der Waals surface area contributed by atoms with E-state index in [-0.39, 0.29) is 5.91 Å². The van der Waals surface area contributed by atoms with E-state index in [0.717, 1.165) is 11.3 Å². The Morgan fingerprint density at radius 1 is 1.24 bits per heavy atom. The number of benzene rings is 1. The van der Waals surface area contributed by atoms with E-state index in [4.69, 9.17) is 0 Å². The van der Waals surface area contributed by atoms with E-state index in [1.807, 2.05) is 24.3 Å². The number of alkyl halides is 1. The number of halogens is 1. The summed E-state index contributed by atoms with van der Waals surface area (Å²) in [6.07, 6.45) is 3.19. The zero-order valence-electron chi connectivity index (χ0n) is 9.06. The van der Waals surface area contributed by atoms with Crippen molar-refractivity contribution < 1.29 is 4.79 Å². The first kappa shape index (κ1) is 11.8. The molecule has 0 aliphatic heterocycles. The van der Waals surface area contributed by atoms with E-state index < -0.39 is 0 Å². The van der Waals surface area contributed by atoms with Gasteiger partial charge in [0.15, 0.2) is 0 Å². The van der Waals surface area contributed by atoms with E-state index in [2.05, 4.69) is 26.2 Å². The van der Waals surface area contributed by atoms with Crippen LogP contribution in [0.1, 0.15) is 15.9 Å². The van der Waals surface area contributed by atoms with Crippen LogP contribution in [0, 0.1) is 0 Å². The summed E-state index contributed by atoms with van der Waals surface area (Å²) < 4.78 is 0. The molecule has 0 bridgehead atoms. The molecule has 2 rings (SSSR count). The number of hydrogen-bond acceptors (Lipinski definition) is 2. The van der Waals surface area contributed by atoms with Crippen LogP contribution in [0.3, 0.4) is 0 Å². The van der Waals surface area contributed by atoms with Crippen molar-refractivity contribution in [1.29, 1.82) is 0 Å². The first-order chi connectivity index (χ1) is 8.31. The van der Waals surface area contributed by atoms with Gasteiger partial charge in [-0.2, -0.15) is 0 Å². The molecule has 17 heavy (non-hydrogen) atoms. The molecule has 4 heteroatoms. The number of rotatable bonds is 3. The van der Waals surface area contributed by atoms with Crippen LogP contribution in [-0.2, 0) is 5.33 Å². The second-order valence-corrected chi connectivity index (χ2v) is 4.05. The van der Waals surface area contributed by atoms with Gasteiger partial charge in [-0.3, -0.25) is 9.78 Å². The molecule has 1 heterocycles. The summed E-state index contributed by atoms with van der Waals surface area (Å²) >= 11 is 3.39. The minimum Gasteiger partial charge on any atom is -0.322 e. The summed E-state index contributed by atoms with van der Waals surface area (Å²) in [5, 5.41) is 3.57. The van der Waals surface area contributed by atoms with Crippen LogP contribution in [0.15, 0.2) is 48.8 Å². The molecule has 0 saturated carbocycles. The summed E-state index contributed by atoms with van der Waals surface area (Å²) in [5.74, 6) is -0.147. The van der Waals surface area contributed by atoms with Crippen LogP contribution in [-0.4, -0.2) is 10.9 Å². The molecule has 1 N–H and O–H groups in total. The van der Waals surface area contributed by atoms with Gasteiger partial charge in [0.25, 0.3) is 5.91 Å². The molecule has 1 aromatic carbocycles. The number of carbonyl (C=O) groups is 1. The van der Waals surface area contributed by atoms with Crippen LogP contribution in [0.5, 0.6) is 0 Å². The summed E-state index contributed by atoms with van der Waals surface area (Å²) in [7, 11) is 0. The number of hydrogen-bond donors (Lipinski definition) is 1. The van der Waals surface area contributed by atoms with Crippen LogP contribution in [0.25, 0.3) is 0 Å². The Morgan fingerprint density at radius 3 is 2.76 bits per heavy atom. The van der Waals surface area contributed by atoms with Crippen molar-refractivity contribution >= 4 is 27.5 Å². The summed E-state index contributed by atoms with van der Waals surface area (Å²) in [5.41, 5.74) is 2.42. The van der Waals surface area contributed by atoms with Gasteiger partial charge >= 0.3 is 0 Å². The molecular weight excluding hydrogens is 280 g/mol. The van der Waals surface area contributed by atoms with Gasteiger partial charge in [0.2, 0.25) is 0 Å². The van der Waals surface area contributed by atoms with Crippen molar-refractivity contribution in [2.75, 3.05) is 5.32 Å². The highest BCUT2D eigenvalue weighted by atomic mass is 79.9. The Balaban J connectivity index is 2.19. The second kappa shape index (κ2) is 5.59. The summed E-state index contributed by atoms with van der Waals surface area (Å²) in [4.78, 5) is 15.8. The third-order valence-electron chi connectivity index (χ3n) is 2.33. The van der Waals surface area contributed by atoms with Gasteiger partial charge in [-0.05, 0) is 23.8 Å². The number of nitrogens with one attached hydrogen (secondary N) is 1. The normalized spacial score (nSPS) is 9.94. The minimum absolute atomic E-state index is 0.147. The molecule has 0 aliphatic carbocycles. The SMILES string of the molecule is O=C(Nc1ccccc1CBr)c1cccnc1. The fourth-order valence-corrected chi connectivity index (χ4v) is 1.94. The van der Waals surface area contributed by atoms with Crippen molar-refractivity contribution in [2.24, 2.45) is 0 Å². The molecule has 1 aromatic heterocycles. The lowest BCUT2D eigenvalue weighted by molar-refractivity contribution is 0.102. The zero-order valence-corrected chi connectivity index (χ0v) is 10.6. The van der Waals surface area contributed by atoms with Gasteiger partial charge in [0.05, 0.1) is 5.56 Å². The van der Waals surface area contributed by atoms with Crippen molar-refractivity contribution in [3.05, 3.63) is 59.9 Å². The van der Waals surface area contributed by atoms with Gasteiger partial charge in [-0.25, -0.2) is 0 Å². The number of amides is 1. The van der Waals surface area contributed by atoms with E-state index in [0.29, 0.717) is 10.9 Å². The highest BCUT2D eigenvalue weighted by Gasteiger charge is 2.07. The number of pyridine rings is 1. The lowest BCUT2D eigenvalue weighted by atomic mass is 10.2. The van der Waals surface area contributed by atoms with E-state index in [1.54, 1.807) is 24.5 Å². The number of anilines is 1. The lowest BCUT2D eigenvalue weighted by Gasteiger charge is -2.08. The van der Waals surface area contributed by atoms with Gasteiger partial charge in [-0.1, -0.05) is 34.1 Å². The number of nitrogens with zero attached hydrogens (tertiary/aromatic N) is 1. The third kappa shape index (κ3) is 2.91. The number of aromatic nitrogens is 1. The van der Waals surface area contributed by atoms with Crippen LogP contribution in [0.2, 0.25) is 0 Å². The molecule has 2 aromatic rings. The second-order valence-electron chi connectivity index (χ2n) is 3.49. The Labute approximate surface area is 108 Å². The molecule has 0 spiro atoms. The monoisotopic (exact) mass is 290 g/mol. The molecular formula is C13H11BrN2O. The minimum atomic E-state index is -0.147.